The lowest BCUT2D eigenvalue weighted by molar-refractivity contribution is 0.0696. The summed E-state index contributed by atoms with van der Waals surface area (Å²) in [5, 5.41) is 9.88. The van der Waals surface area contributed by atoms with Gasteiger partial charge < -0.3 is 9.67 Å². The molecule has 0 atom stereocenters. The van der Waals surface area contributed by atoms with Crippen LogP contribution in [0.5, 0.6) is 0 Å². The number of pyridine rings is 2. The van der Waals surface area contributed by atoms with Gasteiger partial charge in [-0.15, -0.1) is 0 Å². The number of para-hydroxylation sites is 1. The van der Waals surface area contributed by atoms with E-state index in [4.69, 9.17) is 5.11 Å². The quantitative estimate of drug-likeness (QED) is 0.797. The molecule has 0 saturated heterocycles. The number of nitrogens with zero attached hydrogens (tertiary/aromatic N) is 2. The molecule has 2 aromatic heterocycles. The third-order valence-electron chi connectivity index (χ3n) is 3.23. The van der Waals surface area contributed by atoms with Crippen molar-refractivity contribution in [3.63, 3.8) is 0 Å². The molecule has 0 amide bonds. The number of carboxylic acids is 1. The summed E-state index contributed by atoms with van der Waals surface area (Å²) in [5.74, 6) is -1.11. The van der Waals surface area contributed by atoms with Crippen molar-refractivity contribution < 1.29 is 9.90 Å². The summed E-state index contributed by atoms with van der Waals surface area (Å²) in [6.07, 6.45) is 1.47. The summed E-state index contributed by atoms with van der Waals surface area (Å²) >= 11 is 0. The molecule has 0 saturated carbocycles. The van der Waals surface area contributed by atoms with Gasteiger partial charge in [-0.25, -0.2) is 4.79 Å². The fourth-order valence-corrected chi connectivity index (χ4v) is 2.14. The zero-order chi connectivity index (χ0) is 14.8. The van der Waals surface area contributed by atoms with Crippen molar-refractivity contribution in [3.05, 3.63) is 76.3 Å². The van der Waals surface area contributed by atoms with Crippen LogP contribution in [0, 0.1) is 0 Å². The van der Waals surface area contributed by atoms with Gasteiger partial charge in [-0.2, -0.15) is 0 Å². The molecule has 3 rings (SSSR count). The van der Waals surface area contributed by atoms with Crippen LogP contribution < -0.4 is 5.56 Å². The fraction of sp³-hybridized carbons (Fsp3) is 0.0625. The number of fused-ring (bicyclic) bond motifs is 1. The number of aromatic nitrogens is 2. The van der Waals surface area contributed by atoms with Crippen LogP contribution >= 0.6 is 0 Å². The predicted octanol–water partition coefficient (Wildman–Crippen LogP) is 2.14. The normalized spacial score (nSPS) is 10.7. The maximum Gasteiger partial charge on any atom is 0.335 e. The number of hydrogen-bond donors (Lipinski definition) is 1. The molecule has 0 aliphatic rings. The number of benzene rings is 1. The van der Waals surface area contributed by atoms with Crippen molar-refractivity contribution in [1.29, 1.82) is 0 Å². The van der Waals surface area contributed by atoms with Gasteiger partial charge in [-0.05, 0) is 18.2 Å². The Bertz CT molecular complexity index is 884. The molecular formula is C16H12N2O3. The Morgan fingerprint density at radius 1 is 1.14 bits per heavy atom. The summed E-state index contributed by atoms with van der Waals surface area (Å²) in [5.41, 5.74) is 1.25. The van der Waals surface area contributed by atoms with E-state index < -0.39 is 5.97 Å². The van der Waals surface area contributed by atoms with E-state index in [1.807, 2.05) is 36.4 Å². The Labute approximate surface area is 120 Å². The van der Waals surface area contributed by atoms with E-state index in [0.29, 0.717) is 6.54 Å². The Morgan fingerprint density at radius 2 is 1.95 bits per heavy atom. The predicted molar refractivity (Wildman–Crippen MR) is 78.5 cm³/mol. The second-order valence-corrected chi connectivity index (χ2v) is 4.68. The Hall–Kier alpha value is -2.95. The van der Waals surface area contributed by atoms with Crippen LogP contribution in [0.1, 0.15) is 16.1 Å². The van der Waals surface area contributed by atoms with Gasteiger partial charge in [0, 0.05) is 17.6 Å². The minimum Gasteiger partial charge on any atom is -0.478 e. The standard InChI is InChI=1S/C16H12N2O3/c19-15-9-12(16(20)21)7-8-18(15)10-13-6-5-11-3-1-2-4-14(11)17-13/h1-9H,10H2,(H,20,21). The van der Waals surface area contributed by atoms with Crippen LogP contribution in [-0.4, -0.2) is 20.6 Å². The Morgan fingerprint density at radius 3 is 2.71 bits per heavy atom. The molecule has 0 spiro atoms. The first-order valence-corrected chi connectivity index (χ1v) is 6.42. The summed E-state index contributed by atoms with van der Waals surface area (Å²) < 4.78 is 1.43. The van der Waals surface area contributed by atoms with Gasteiger partial charge in [0.1, 0.15) is 0 Å². The van der Waals surface area contributed by atoms with E-state index >= 15 is 0 Å². The largest absolute Gasteiger partial charge is 0.478 e. The third kappa shape index (κ3) is 2.67. The molecule has 0 aliphatic heterocycles. The minimum atomic E-state index is -1.11. The van der Waals surface area contributed by atoms with Gasteiger partial charge in [0.25, 0.3) is 5.56 Å². The first-order valence-electron chi connectivity index (χ1n) is 6.42. The van der Waals surface area contributed by atoms with Crippen molar-refractivity contribution in [2.75, 3.05) is 0 Å². The maximum atomic E-state index is 11.9. The van der Waals surface area contributed by atoms with Crippen LogP contribution in [0.15, 0.2) is 59.5 Å². The smallest absolute Gasteiger partial charge is 0.335 e. The molecule has 0 unspecified atom stereocenters. The Kier molecular flexibility index (Phi) is 3.23. The summed E-state index contributed by atoms with van der Waals surface area (Å²) in [7, 11) is 0. The maximum absolute atomic E-state index is 11.9. The van der Waals surface area contributed by atoms with Crippen LogP contribution in [-0.2, 0) is 6.54 Å². The lowest BCUT2D eigenvalue weighted by Crippen LogP contribution is -2.21. The van der Waals surface area contributed by atoms with Crippen LogP contribution in [0.4, 0.5) is 0 Å². The van der Waals surface area contributed by atoms with Gasteiger partial charge in [0.05, 0.1) is 23.3 Å². The summed E-state index contributed by atoms with van der Waals surface area (Å²) in [4.78, 5) is 27.2. The van der Waals surface area contributed by atoms with E-state index in [1.54, 1.807) is 0 Å². The van der Waals surface area contributed by atoms with Crippen molar-refractivity contribution in [1.82, 2.24) is 9.55 Å². The second kappa shape index (κ2) is 5.20. The monoisotopic (exact) mass is 280 g/mol. The van der Waals surface area contributed by atoms with Gasteiger partial charge >= 0.3 is 5.97 Å². The second-order valence-electron chi connectivity index (χ2n) is 4.68. The molecule has 2 heterocycles. The Balaban J connectivity index is 1.95. The molecule has 3 aromatic rings. The fourth-order valence-electron chi connectivity index (χ4n) is 2.14. The number of carboxylic acid groups (broad SMARTS) is 1. The van der Waals surface area contributed by atoms with Gasteiger partial charge in [0.2, 0.25) is 0 Å². The van der Waals surface area contributed by atoms with Gasteiger partial charge in [-0.3, -0.25) is 9.78 Å². The third-order valence-corrected chi connectivity index (χ3v) is 3.23. The zero-order valence-electron chi connectivity index (χ0n) is 11.1. The molecule has 0 radical (unpaired) electrons. The molecule has 1 N–H and O–H groups in total. The zero-order valence-corrected chi connectivity index (χ0v) is 11.1. The van der Waals surface area contributed by atoms with Crippen molar-refractivity contribution in [2.24, 2.45) is 0 Å². The summed E-state index contributed by atoms with van der Waals surface area (Å²) in [6.45, 7) is 0.309. The molecule has 5 nitrogen and oxygen atoms in total. The highest BCUT2D eigenvalue weighted by atomic mass is 16.4. The number of aromatic carboxylic acids is 1. The molecule has 21 heavy (non-hydrogen) atoms. The van der Waals surface area contributed by atoms with Crippen molar-refractivity contribution in [3.8, 4) is 0 Å². The molecule has 0 bridgehead atoms. The van der Waals surface area contributed by atoms with Crippen molar-refractivity contribution >= 4 is 16.9 Å². The van der Waals surface area contributed by atoms with Crippen LogP contribution in [0.3, 0.4) is 0 Å². The lowest BCUT2D eigenvalue weighted by Gasteiger charge is -2.06. The topological polar surface area (TPSA) is 72.2 Å². The number of carbonyl (C=O) groups is 1. The molecule has 5 heteroatoms. The van der Waals surface area contributed by atoms with Gasteiger partial charge in [-0.1, -0.05) is 24.3 Å². The molecule has 104 valence electrons. The molecular weight excluding hydrogens is 268 g/mol. The first-order chi connectivity index (χ1) is 10.1. The van der Waals surface area contributed by atoms with Crippen molar-refractivity contribution in [2.45, 2.75) is 6.54 Å². The van der Waals surface area contributed by atoms with Gasteiger partial charge in [0.15, 0.2) is 0 Å². The minimum absolute atomic E-state index is 0.0114. The average Bonchev–Trinajstić information content (AvgIpc) is 2.49. The molecule has 0 fully saturated rings. The van der Waals surface area contributed by atoms with E-state index in [-0.39, 0.29) is 11.1 Å². The van der Waals surface area contributed by atoms with E-state index in [0.717, 1.165) is 22.7 Å². The first kappa shape index (κ1) is 13.1. The molecule has 0 aliphatic carbocycles. The van der Waals surface area contributed by atoms with E-state index in [2.05, 4.69) is 4.98 Å². The SMILES string of the molecule is O=C(O)c1ccn(Cc2ccc3ccccc3n2)c(=O)c1. The van der Waals surface area contributed by atoms with Crippen LogP contribution in [0.2, 0.25) is 0 Å². The highest BCUT2D eigenvalue weighted by Crippen LogP contribution is 2.12. The number of rotatable bonds is 3. The number of hydrogen-bond acceptors (Lipinski definition) is 3. The van der Waals surface area contributed by atoms with E-state index in [9.17, 15) is 9.59 Å². The summed E-state index contributed by atoms with van der Waals surface area (Å²) in [6, 6.07) is 14.1. The highest BCUT2D eigenvalue weighted by Gasteiger charge is 2.06. The van der Waals surface area contributed by atoms with Crippen LogP contribution in [0.25, 0.3) is 10.9 Å². The molecule has 1 aromatic carbocycles. The highest BCUT2D eigenvalue weighted by molar-refractivity contribution is 5.87. The average molecular weight is 280 g/mol. The lowest BCUT2D eigenvalue weighted by atomic mass is 10.2. The van der Waals surface area contributed by atoms with E-state index in [1.165, 1.54) is 16.8 Å².